The number of phosphoric acid groups is 1. The van der Waals surface area contributed by atoms with Gasteiger partial charge in [-0.2, -0.15) is 0 Å². The Hall–Kier alpha value is -0.700. The largest absolute Gasteiger partial charge is 0.508 e. The average molecular weight is 597 g/mol. The Labute approximate surface area is 245 Å². The lowest BCUT2D eigenvalue weighted by Gasteiger charge is -2.24. The van der Waals surface area contributed by atoms with Crippen LogP contribution >= 0.6 is 7.82 Å². The van der Waals surface area contributed by atoms with Crippen LogP contribution < -0.4 is 0 Å². The maximum absolute atomic E-state index is 12.2. The molecule has 0 saturated carbocycles. The van der Waals surface area contributed by atoms with Crippen molar-refractivity contribution in [3.63, 3.8) is 0 Å². The van der Waals surface area contributed by atoms with E-state index in [9.17, 15) is 14.3 Å². The first kappa shape index (κ1) is 39.3. The van der Waals surface area contributed by atoms with E-state index >= 15 is 0 Å². The van der Waals surface area contributed by atoms with Gasteiger partial charge in [0.15, 0.2) is 6.10 Å². The van der Waals surface area contributed by atoms with Crippen molar-refractivity contribution in [1.82, 2.24) is 0 Å². The molecule has 240 valence electrons. The molecule has 0 fully saturated rings. The molecule has 9 nitrogen and oxygen atoms in total. The van der Waals surface area contributed by atoms with Crippen molar-refractivity contribution in [3.05, 3.63) is 0 Å². The highest BCUT2D eigenvalue weighted by Crippen LogP contribution is 2.43. The second kappa shape index (κ2) is 24.9. The summed E-state index contributed by atoms with van der Waals surface area (Å²) in [5, 5.41) is 0. The van der Waals surface area contributed by atoms with Crippen molar-refractivity contribution < 1.29 is 42.0 Å². The van der Waals surface area contributed by atoms with Crippen molar-refractivity contribution in [2.24, 2.45) is 0 Å². The van der Waals surface area contributed by atoms with Gasteiger partial charge in [0.05, 0.1) is 40.5 Å². The lowest BCUT2D eigenvalue weighted by Crippen LogP contribution is -2.37. The summed E-state index contributed by atoms with van der Waals surface area (Å²) in [4.78, 5) is 21.9. The van der Waals surface area contributed by atoms with E-state index in [1.807, 2.05) is 21.1 Å². The first-order chi connectivity index (χ1) is 18.9. The summed E-state index contributed by atoms with van der Waals surface area (Å²) in [5.74, 6) is 0. The molecule has 0 amide bonds. The van der Waals surface area contributed by atoms with Crippen LogP contribution in [-0.2, 0) is 27.8 Å². The molecule has 10 heteroatoms. The number of rotatable bonds is 28. The zero-order valence-corrected chi connectivity index (χ0v) is 27.6. The Balaban J connectivity index is 3.97. The molecule has 1 N–H and O–H groups in total. The van der Waals surface area contributed by atoms with Crippen LogP contribution in [0.1, 0.15) is 124 Å². The Morgan fingerprint density at radius 1 is 0.700 bits per heavy atom. The fourth-order valence-corrected chi connectivity index (χ4v) is 4.83. The average Bonchev–Trinajstić information content (AvgIpc) is 2.85. The van der Waals surface area contributed by atoms with Crippen LogP contribution in [0, 0.1) is 0 Å². The molecule has 0 aromatic carbocycles. The van der Waals surface area contributed by atoms with Crippen molar-refractivity contribution in [3.8, 4) is 0 Å². The normalized spacial score (nSPS) is 14.3. The summed E-state index contributed by atoms with van der Waals surface area (Å²) >= 11 is 0. The molecular formula is C30H63NO8P+. The van der Waals surface area contributed by atoms with E-state index < -0.39 is 20.1 Å². The Kier molecular flexibility index (Phi) is 24.4. The molecule has 0 rings (SSSR count). The van der Waals surface area contributed by atoms with Gasteiger partial charge in [-0.1, -0.05) is 103 Å². The predicted octanol–water partition coefficient (Wildman–Crippen LogP) is 8.03. The van der Waals surface area contributed by atoms with Crippen molar-refractivity contribution >= 4 is 14.0 Å². The Morgan fingerprint density at radius 2 is 1.18 bits per heavy atom. The second-order valence-corrected chi connectivity index (χ2v) is 13.6. The third-order valence-corrected chi connectivity index (χ3v) is 7.47. The molecule has 0 aromatic rings. The van der Waals surface area contributed by atoms with E-state index in [0.717, 1.165) is 12.8 Å². The minimum absolute atomic E-state index is 0.0464. The molecule has 0 aliphatic heterocycles. The number of quaternary nitrogens is 1. The maximum atomic E-state index is 12.2. The van der Waals surface area contributed by atoms with Gasteiger partial charge in [0, 0.05) is 6.61 Å². The second-order valence-electron chi connectivity index (χ2n) is 12.1. The first-order valence-corrected chi connectivity index (χ1v) is 17.3. The topological polar surface area (TPSA) is 101 Å². The summed E-state index contributed by atoms with van der Waals surface area (Å²) in [7, 11) is 1.58. The molecule has 0 radical (unpaired) electrons. The number of unbranched alkanes of at least 4 members (excludes halogenated alkanes) is 15. The SMILES string of the molecule is CCCCCCCCCCCCCCCCCCOCC(COP(=O)(O)OCC[N+](C)(C)C)OC(=O)OC(C)C. The predicted molar refractivity (Wildman–Crippen MR) is 161 cm³/mol. The van der Waals surface area contributed by atoms with Gasteiger partial charge in [-0.25, -0.2) is 9.36 Å². The third-order valence-electron chi connectivity index (χ3n) is 6.48. The minimum Gasteiger partial charge on any atom is -0.432 e. The van der Waals surface area contributed by atoms with Crippen LogP contribution in [0.2, 0.25) is 0 Å². The van der Waals surface area contributed by atoms with Gasteiger partial charge in [-0.15, -0.1) is 0 Å². The standard InChI is InChI=1S/C30H62NO8P/c1-7-8-9-10-11-12-13-14-15-16-17-18-19-20-21-22-24-35-26-29(39-30(32)38-28(2)3)27-37-40(33,34)36-25-23-31(4,5)6/h28-29H,7-27H2,1-6H3/p+1. The summed E-state index contributed by atoms with van der Waals surface area (Å²) in [6.45, 7) is 6.53. The summed E-state index contributed by atoms with van der Waals surface area (Å²) in [6, 6.07) is 0. The van der Waals surface area contributed by atoms with Crippen LogP contribution in [0.15, 0.2) is 0 Å². The number of likely N-dealkylation sites (N-methyl/N-ethyl adjacent to an activating group) is 1. The zero-order chi connectivity index (χ0) is 30.1. The summed E-state index contributed by atoms with van der Waals surface area (Å²) in [5.41, 5.74) is 0. The number of nitrogens with zero attached hydrogens (tertiary/aromatic N) is 1. The third kappa shape index (κ3) is 28.8. The molecule has 0 aromatic heterocycles. The van der Waals surface area contributed by atoms with Gasteiger partial charge >= 0.3 is 14.0 Å². The number of carbonyl (C=O) groups is 1. The van der Waals surface area contributed by atoms with Crippen LogP contribution in [0.25, 0.3) is 0 Å². The minimum atomic E-state index is -4.28. The molecule has 0 heterocycles. The van der Waals surface area contributed by atoms with E-state index in [-0.39, 0.29) is 25.9 Å². The fourth-order valence-electron chi connectivity index (χ4n) is 4.08. The molecule has 0 aliphatic carbocycles. The van der Waals surface area contributed by atoms with E-state index in [0.29, 0.717) is 17.6 Å². The van der Waals surface area contributed by atoms with Gasteiger partial charge in [0.1, 0.15) is 13.2 Å². The smallest absolute Gasteiger partial charge is 0.432 e. The molecule has 0 bridgehead atoms. The molecule has 40 heavy (non-hydrogen) atoms. The Bertz CT molecular complexity index is 642. The van der Waals surface area contributed by atoms with E-state index in [1.54, 1.807) is 13.8 Å². The molecule has 0 spiro atoms. The van der Waals surface area contributed by atoms with Gasteiger partial charge in [0.2, 0.25) is 0 Å². The molecular weight excluding hydrogens is 533 g/mol. The number of hydrogen-bond acceptors (Lipinski definition) is 7. The van der Waals surface area contributed by atoms with Crippen molar-refractivity contribution in [2.45, 2.75) is 136 Å². The molecule has 0 saturated heterocycles. The first-order valence-electron chi connectivity index (χ1n) is 15.8. The Morgan fingerprint density at radius 3 is 1.62 bits per heavy atom. The van der Waals surface area contributed by atoms with Crippen LogP contribution in [0.5, 0.6) is 0 Å². The van der Waals surface area contributed by atoms with Crippen molar-refractivity contribution in [1.29, 1.82) is 0 Å². The molecule has 0 aliphatic rings. The molecule has 2 atom stereocenters. The highest BCUT2D eigenvalue weighted by molar-refractivity contribution is 7.47. The van der Waals surface area contributed by atoms with E-state index in [4.69, 9.17) is 23.3 Å². The number of phosphoric ester groups is 1. The molecule has 2 unspecified atom stereocenters. The number of ether oxygens (including phenoxy) is 3. The number of carbonyl (C=O) groups excluding carboxylic acids is 1. The summed E-state index contributed by atoms with van der Waals surface area (Å²) < 4.78 is 38.8. The maximum Gasteiger partial charge on any atom is 0.508 e. The van der Waals surface area contributed by atoms with Gasteiger partial charge in [-0.05, 0) is 20.3 Å². The van der Waals surface area contributed by atoms with Crippen molar-refractivity contribution in [2.75, 3.05) is 54.1 Å². The van der Waals surface area contributed by atoms with E-state index in [2.05, 4.69) is 6.92 Å². The number of hydrogen-bond donors (Lipinski definition) is 1. The highest BCUT2D eigenvalue weighted by atomic mass is 31.2. The van der Waals surface area contributed by atoms with Gasteiger partial charge < -0.3 is 23.6 Å². The van der Waals surface area contributed by atoms with Crippen LogP contribution in [-0.4, -0.2) is 81.9 Å². The quantitative estimate of drug-likeness (QED) is 0.0419. The monoisotopic (exact) mass is 596 g/mol. The van der Waals surface area contributed by atoms with Crippen LogP contribution in [0.3, 0.4) is 0 Å². The summed E-state index contributed by atoms with van der Waals surface area (Å²) in [6.07, 6.45) is 18.8. The lowest BCUT2D eigenvalue weighted by atomic mass is 10.0. The van der Waals surface area contributed by atoms with E-state index in [1.165, 1.54) is 89.9 Å². The fraction of sp³-hybridized carbons (Fsp3) is 0.967. The zero-order valence-electron chi connectivity index (χ0n) is 26.7. The van der Waals surface area contributed by atoms with Crippen LogP contribution in [0.4, 0.5) is 4.79 Å². The highest BCUT2D eigenvalue weighted by Gasteiger charge is 2.26. The van der Waals surface area contributed by atoms with Gasteiger partial charge in [0.25, 0.3) is 0 Å². The lowest BCUT2D eigenvalue weighted by molar-refractivity contribution is -0.870. The van der Waals surface area contributed by atoms with Gasteiger partial charge in [-0.3, -0.25) is 9.05 Å².